The topological polar surface area (TPSA) is 178 Å². The van der Waals surface area contributed by atoms with Gasteiger partial charge in [0, 0.05) is 57.1 Å². The monoisotopic (exact) mass is 682 g/mol. The molecule has 3 aliphatic heterocycles. The van der Waals surface area contributed by atoms with Crippen molar-refractivity contribution in [3.63, 3.8) is 0 Å². The Morgan fingerprint density at radius 3 is 2.63 bits per heavy atom. The Morgan fingerprint density at radius 1 is 1.18 bits per heavy atom. The van der Waals surface area contributed by atoms with Crippen LogP contribution in [0.3, 0.4) is 0 Å². The molecule has 0 aromatic carbocycles. The third kappa shape index (κ3) is 5.33. The molecule has 49 heavy (non-hydrogen) atoms. The summed E-state index contributed by atoms with van der Waals surface area (Å²) in [5, 5.41) is 28.3. The lowest BCUT2D eigenvalue weighted by atomic mass is 9.59. The number of nitrogens with zero attached hydrogens (tertiary/aromatic N) is 2. The van der Waals surface area contributed by atoms with Crippen molar-refractivity contribution in [1.29, 1.82) is 0 Å². The minimum atomic E-state index is -1.68. The molecule has 1 aromatic heterocycles. The fourth-order valence-corrected chi connectivity index (χ4v) is 10.8. The van der Waals surface area contributed by atoms with Crippen LogP contribution in [-0.2, 0) is 46.9 Å². The normalized spacial score (nSPS) is 43.7. The first-order chi connectivity index (χ1) is 23.2. The van der Waals surface area contributed by atoms with Crippen LogP contribution < -0.4 is 10.6 Å². The van der Waals surface area contributed by atoms with Gasteiger partial charge >= 0.3 is 11.9 Å². The molecule has 7 rings (SSSR count). The Morgan fingerprint density at radius 2 is 1.94 bits per heavy atom. The van der Waals surface area contributed by atoms with Gasteiger partial charge in [0.05, 0.1) is 30.1 Å². The maximum atomic E-state index is 14.5. The molecular formula is C36H50N4O9. The van der Waals surface area contributed by atoms with E-state index in [1.807, 2.05) is 13.8 Å². The van der Waals surface area contributed by atoms with Crippen LogP contribution in [0.5, 0.6) is 0 Å². The highest BCUT2D eigenvalue weighted by Gasteiger charge is 2.76. The fourth-order valence-electron chi connectivity index (χ4n) is 10.8. The van der Waals surface area contributed by atoms with E-state index in [1.165, 1.54) is 6.92 Å². The molecule has 268 valence electrons. The number of amides is 2. The first-order valence-corrected chi connectivity index (χ1v) is 17.8. The van der Waals surface area contributed by atoms with Gasteiger partial charge in [0.2, 0.25) is 17.6 Å². The zero-order valence-electron chi connectivity index (χ0n) is 29.1. The van der Waals surface area contributed by atoms with Gasteiger partial charge in [-0.2, -0.15) is 0 Å². The first-order valence-electron chi connectivity index (χ1n) is 17.8. The van der Waals surface area contributed by atoms with E-state index in [9.17, 15) is 29.4 Å². The fraction of sp³-hybridized carbons (Fsp3) is 0.750. The average Bonchev–Trinajstić information content (AvgIpc) is 3.69. The van der Waals surface area contributed by atoms with E-state index in [0.29, 0.717) is 18.5 Å². The number of carbonyl (C=O) groups excluding carboxylic acids is 4. The molecule has 3 saturated heterocycles. The number of fused-ring (bicyclic) bond motifs is 9. The number of aromatic nitrogens is 2. The molecule has 1 aromatic rings. The molecule has 13 nitrogen and oxygen atoms in total. The van der Waals surface area contributed by atoms with Crippen LogP contribution in [0.1, 0.15) is 66.0 Å². The van der Waals surface area contributed by atoms with Gasteiger partial charge in [-0.05, 0) is 62.7 Å². The van der Waals surface area contributed by atoms with Gasteiger partial charge in [-0.3, -0.25) is 14.4 Å². The minimum Gasteiger partial charge on any atom is -0.461 e. The number of hydrogen-bond donors (Lipinski definition) is 4. The molecule has 2 amide bonds. The summed E-state index contributed by atoms with van der Waals surface area (Å²) < 4.78 is 21.6. The summed E-state index contributed by atoms with van der Waals surface area (Å²) in [4.78, 5) is 57.5. The van der Waals surface area contributed by atoms with Crippen molar-refractivity contribution in [1.82, 2.24) is 20.2 Å². The van der Waals surface area contributed by atoms with E-state index in [4.69, 9.17) is 14.2 Å². The third-order valence-corrected chi connectivity index (χ3v) is 13.2. The number of aliphatic hydroxyl groups excluding tert-OH is 2. The van der Waals surface area contributed by atoms with Crippen LogP contribution in [0.15, 0.2) is 24.2 Å². The van der Waals surface area contributed by atoms with Crippen LogP contribution in [0, 0.1) is 53.3 Å². The Balaban J connectivity index is 1.27. The van der Waals surface area contributed by atoms with Crippen molar-refractivity contribution in [2.45, 2.75) is 102 Å². The second-order valence-electron chi connectivity index (χ2n) is 15.9. The lowest BCUT2D eigenvalue weighted by molar-refractivity contribution is -0.371. The summed E-state index contributed by atoms with van der Waals surface area (Å²) in [6, 6.07) is -1.14. The second-order valence-corrected chi connectivity index (χ2v) is 15.9. The van der Waals surface area contributed by atoms with Crippen molar-refractivity contribution < 1.29 is 43.6 Å². The maximum absolute atomic E-state index is 14.5. The Kier molecular flexibility index (Phi) is 8.50. The largest absolute Gasteiger partial charge is 0.461 e. The van der Waals surface area contributed by atoms with E-state index in [2.05, 4.69) is 35.5 Å². The van der Waals surface area contributed by atoms with E-state index >= 15 is 0 Å². The lowest BCUT2D eigenvalue weighted by Gasteiger charge is -2.58. The van der Waals surface area contributed by atoms with Crippen LogP contribution in [-0.4, -0.2) is 85.8 Å². The number of ether oxygens (including phenoxy) is 3. The number of imidazole rings is 1. The summed E-state index contributed by atoms with van der Waals surface area (Å²) >= 11 is 0. The third-order valence-electron chi connectivity index (χ3n) is 13.2. The number of allylic oxidation sites excluding steroid dienone is 1. The molecule has 6 aliphatic rings. The van der Waals surface area contributed by atoms with Gasteiger partial charge in [-0.1, -0.05) is 25.5 Å². The van der Waals surface area contributed by atoms with Crippen LogP contribution in [0.25, 0.3) is 0 Å². The van der Waals surface area contributed by atoms with Gasteiger partial charge in [-0.15, -0.1) is 0 Å². The lowest BCUT2D eigenvalue weighted by Crippen LogP contribution is -2.70. The summed E-state index contributed by atoms with van der Waals surface area (Å²) in [5.41, 5.74) is 1.07. The molecule has 15 atom stereocenters. The SMILES string of the molecule is CC(=O)NCCC(=O)N[C@@H](Cc1cncn1C)C(=O)O[C@]12O[C@@]3(C)CC[C@H](OC(=O)[C@@H]1[C@H]1[C@@H]4[C@H]5[C@H](O)[C@@H](C)[C@H](O)[C@@H]5C=C(C)[C@@H]4C[C@H]13)[C@H]2C. The van der Waals surface area contributed by atoms with Gasteiger partial charge in [0.1, 0.15) is 18.1 Å². The minimum absolute atomic E-state index is 0.0449. The Hall–Kier alpha value is -3.29. The van der Waals surface area contributed by atoms with Crippen molar-refractivity contribution in [3.8, 4) is 0 Å². The maximum Gasteiger partial charge on any atom is 0.331 e. The summed E-state index contributed by atoms with van der Waals surface area (Å²) in [6.45, 7) is 9.39. The van der Waals surface area contributed by atoms with E-state index in [-0.39, 0.29) is 66.7 Å². The van der Waals surface area contributed by atoms with E-state index < -0.39 is 65.4 Å². The molecule has 4 N–H and O–H groups in total. The van der Waals surface area contributed by atoms with Crippen molar-refractivity contribution >= 4 is 23.8 Å². The van der Waals surface area contributed by atoms with Crippen molar-refractivity contribution in [2.24, 2.45) is 60.3 Å². The molecular weight excluding hydrogens is 632 g/mol. The summed E-state index contributed by atoms with van der Waals surface area (Å²) in [5.74, 6) is -6.42. The van der Waals surface area contributed by atoms with Crippen LogP contribution in [0.2, 0.25) is 0 Å². The number of aliphatic hydroxyl groups is 2. The van der Waals surface area contributed by atoms with Gasteiger partial charge in [0.25, 0.3) is 0 Å². The van der Waals surface area contributed by atoms with E-state index in [1.54, 1.807) is 24.1 Å². The molecule has 2 saturated carbocycles. The standard InChI is InChI=1S/C36H50N4O9/c1-16-11-22-28(32(44)17(2)31(22)43)27-21(16)13-23-29(27)30-34(46)47-25-7-9-35(23,5)49-36(30,18(25)3)48-33(45)24(12-20-14-37-15-40(20)6)39-26(42)8-10-38-19(4)41/h11,14-15,17-18,21-25,27-32,43-44H,7-10,12-13H2,1-6H3,(H,38,41)(H,39,42)/t17-,18+,21-,22+,23+,24-,25-,27-,28-,29+,30-,31-,32+,35-,36+/m0/s1. The molecule has 0 radical (unpaired) electrons. The molecule has 3 aliphatic carbocycles. The second kappa shape index (κ2) is 12.2. The van der Waals surface area contributed by atoms with Gasteiger partial charge < -0.3 is 39.6 Å². The number of hydrogen-bond acceptors (Lipinski definition) is 10. The molecule has 13 heteroatoms. The highest BCUT2D eigenvalue weighted by Crippen LogP contribution is 2.69. The zero-order valence-corrected chi connectivity index (χ0v) is 29.1. The first kappa shape index (κ1) is 34.2. The highest BCUT2D eigenvalue weighted by molar-refractivity contribution is 5.86. The predicted molar refractivity (Wildman–Crippen MR) is 173 cm³/mol. The van der Waals surface area contributed by atoms with E-state index in [0.717, 1.165) is 12.0 Å². The molecule has 4 heterocycles. The Labute approximate surface area is 286 Å². The highest BCUT2D eigenvalue weighted by atomic mass is 16.7. The number of rotatable bonds is 8. The summed E-state index contributed by atoms with van der Waals surface area (Å²) in [7, 11) is 1.79. The predicted octanol–water partition coefficient (Wildman–Crippen LogP) is 1.41. The molecule has 3 bridgehead atoms. The van der Waals surface area contributed by atoms with Crippen LogP contribution in [0.4, 0.5) is 0 Å². The van der Waals surface area contributed by atoms with Crippen molar-refractivity contribution in [3.05, 3.63) is 29.9 Å². The zero-order chi connectivity index (χ0) is 35.2. The van der Waals surface area contributed by atoms with Crippen LogP contribution >= 0.6 is 0 Å². The number of nitrogens with one attached hydrogen (secondary N) is 2. The van der Waals surface area contributed by atoms with Gasteiger partial charge in [-0.25, -0.2) is 9.78 Å². The van der Waals surface area contributed by atoms with Gasteiger partial charge in [0.15, 0.2) is 0 Å². The number of carbonyl (C=O) groups is 4. The Bertz CT molecular complexity index is 1560. The average molecular weight is 683 g/mol. The van der Waals surface area contributed by atoms with Crippen molar-refractivity contribution in [2.75, 3.05) is 6.54 Å². The molecule has 0 spiro atoms. The smallest absolute Gasteiger partial charge is 0.331 e. The quantitative estimate of drug-likeness (QED) is 0.232. The number of aryl methyl sites for hydroxylation is 1. The summed E-state index contributed by atoms with van der Waals surface area (Å²) in [6.07, 6.45) is 5.29. The molecule has 5 fully saturated rings. The number of esters is 2. The molecule has 0 unspecified atom stereocenters.